The molecule has 104 valence electrons. The van der Waals surface area contributed by atoms with Gasteiger partial charge in [0.25, 0.3) is 0 Å². The number of hydrogen-bond donors (Lipinski definition) is 1. The minimum Gasteiger partial charge on any atom is -0.377 e. The molecule has 0 bridgehead atoms. The number of likely N-dealkylation sites (N-methyl/N-ethyl adjacent to an activating group) is 1. The van der Waals surface area contributed by atoms with Crippen molar-refractivity contribution in [3.8, 4) is 0 Å². The Morgan fingerprint density at radius 1 is 1.33 bits per heavy atom. The van der Waals surface area contributed by atoms with Gasteiger partial charge in [0.2, 0.25) is 0 Å². The van der Waals surface area contributed by atoms with Crippen molar-refractivity contribution in [3.63, 3.8) is 0 Å². The number of methoxy groups -OCH3 is 1. The Hall–Kier alpha value is -0.0900. The molecule has 0 saturated heterocycles. The van der Waals surface area contributed by atoms with Gasteiger partial charge in [-0.15, -0.1) is 11.3 Å². The summed E-state index contributed by atoms with van der Waals surface area (Å²) < 4.78 is 6.70. The fraction of sp³-hybridized carbons (Fsp3) is 0.714. The second-order valence-electron chi connectivity index (χ2n) is 4.50. The average Bonchev–Trinajstić information content (AvgIpc) is 2.78. The van der Waals surface area contributed by atoms with Gasteiger partial charge in [-0.05, 0) is 37.9 Å². The Labute approximate surface area is 120 Å². The van der Waals surface area contributed by atoms with Gasteiger partial charge in [0.05, 0.1) is 9.94 Å². The van der Waals surface area contributed by atoms with Gasteiger partial charge in [0, 0.05) is 18.0 Å². The summed E-state index contributed by atoms with van der Waals surface area (Å²) in [6, 6.07) is 4.41. The van der Waals surface area contributed by atoms with E-state index in [0.29, 0.717) is 6.04 Å². The second kappa shape index (κ2) is 7.49. The third-order valence-corrected chi connectivity index (χ3v) is 4.98. The normalized spacial score (nSPS) is 13.8. The van der Waals surface area contributed by atoms with Crippen LogP contribution in [0.2, 0.25) is 4.34 Å². The number of ether oxygens (including phenoxy) is 1. The molecule has 18 heavy (non-hydrogen) atoms. The highest BCUT2D eigenvalue weighted by atomic mass is 35.5. The highest BCUT2D eigenvalue weighted by Crippen LogP contribution is 2.29. The predicted molar refractivity (Wildman–Crippen MR) is 80.8 cm³/mol. The zero-order chi connectivity index (χ0) is 13.6. The van der Waals surface area contributed by atoms with Gasteiger partial charge in [0.1, 0.15) is 0 Å². The molecule has 0 aliphatic heterocycles. The van der Waals surface area contributed by atoms with Gasteiger partial charge in [-0.1, -0.05) is 32.4 Å². The van der Waals surface area contributed by atoms with E-state index in [1.165, 1.54) is 4.88 Å². The zero-order valence-electron chi connectivity index (χ0n) is 11.8. The van der Waals surface area contributed by atoms with Crippen molar-refractivity contribution in [1.82, 2.24) is 5.32 Å². The van der Waals surface area contributed by atoms with E-state index < -0.39 is 0 Å². The molecule has 4 heteroatoms. The van der Waals surface area contributed by atoms with E-state index in [9.17, 15) is 0 Å². The molecule has 0 fully saturated rings. The molecule has 1 atom stereocenters. The van der Waals surface area contributed by atoms with E-state index in [1.807, 2.05) is 13.2 Å². The molecule has 0 amide bonds. The van der Waals surface area contributed by atoms with Crippen molar-refractivity contribution < 1.29 is 4.74 Å². The molecule has 1 unspecified atom stereocenters. The van der Waals surface area contributed by atoms with Crippen LogP contribution in [-0.4, -0.2) is 25.3 Å². The van der Waals surface area contributed by atoms with E-state index in [0.717, 1.165) is 30.1 Å². The van der Waals surface area contributed by atoms with Crippen LogP contribution in [0.15, 0.2) is 12.1 Å². The smallest absolute Gasteiger partial charge is 0.0931 e. The first-order chi connectivity index (χ1) is 8.61. The van der Waals surface area contributed by atoms with E-state index >= 15 is 0 Å². The molecule has 1 aromatic rings. The van der Waals surface area contributed by atoms with Crippen LogP contribution in [-0.2, 0) is 11.2 Å². The maximum absolute atomic E-state index is 6.00. The molecule has 1 N–H and O–H groups in total. The van der Waals surface area contributed by atoms with Gasteiger partial charge < -0.3 is 10.1 Å². The highest BCUT2D eigenvalue weighted by Gasteiger charge is 2.35. The molecule has 0 aliphatic carbocycles. The maximum atomic E-state index is 6.00. The molecule has 0 spiro atoms. The summed E-state index contributed by atoms with van der Waals surface area (Å²) in [5, 5.41) is 3.57. The molecule has 0 aromatic carbocycles. The summed E-state index contributed by atoms with van der Waals surface area (Å²) in [5.41, 5.74) is -0.0908. The molecule has 0 saturated carbocycles. The van der Waals surface area contributed by atoms with Gasteiger partial charge in [0.15, 0.2) is 0 Å². The summed E-state index contributed by atoms with van der Waals surface area (Å²) in [6.07, 6.45) is 2.99. The van der Waals surface area contributed by atoms with Crippen LogP contribution in [0.4, 0.5) is 0 Å². The Bertz CT molecular complexity index is 341. The molecule has 1 aromatic heterocycles. The Morgan fingerprint density at radius 3 is 2.39 bits per heavy atom. The van der Waals surface area contributed by atoms with Gasteiger partial charge in [-0.3, -0.25) is 0 Å². The van der Waals surface area contributed by atoms with Crippen LogP contribution in [0.5, 0.6) is 0 Å². The van der Waals surface area contributed by atoms with Crippen LogP contribution < -0.4 is 5.32 Å². The van der Waals surface area contributed by atoms with Crippen molar-refractivity contribution in [3.05, 3.63) is 21.3 Å². The third kappa shape index (κ3) is 3.70. The predicted octanol–water partition coefficient (Wildman–Crippen LogP) is 4.13. The summed E-state index contributed by atoms with van der Waals surface area (Å²) in [4.78, 5) is 1.31. The first-order valence-corrected chi connectivity index (χ1v) is 7.84. The van der Waals surface area contributed by atoms with Gasteiger partial charge >= 0.3 is 0 Å². The molecule has 0 radical (unpaired) electrons. The Balaban J connectivity index is 2.86. The average molecular weight is 290 g/mol. The second-order valence-corrected chi connectivity index (χ2v) is 6.30. The van der Waals surface area contributed by atoms with E-state index in [2.05, 4.69) is 32.2 Å². The van der Waals surface area contributed by atoms with Crippen molar-refractivity contribution in [2.24, 2.45) is 0 Å². The van der Waals surface area contributed by atoms with Crippen LogP contribution in [0.1, 0.15) is 38.5 Å². The summed E-state index contributed by atoms with van der Waals surface area (Å²) in [5.74, 6) is 0. The number of hydrogen-bond acceptors (Lipinski definition) is 3. The van der Waals surface area contributed by atoms with E-state index in [4.69, 9.17) is 16.3 Å². The summed E-state index contributed by atoms with van der Waals surface area (Å²) in [7, 11) is 1.82. The Kier molecular flexibility index (Phi) is 6.64. The lowest BCUT2D eigenvalue weighted by molar-refractivity contribution is -0.0466. The summed E-state index contributed by atoms with van der Waals surface area (Å²) >= 11 is 7.66. The molecular formula is C14H24ClNOS. The lowest BCUT2D eigenvalue weighted by Crippen LogP contribution is -2.52. The first kappa shape index (κ1) is 16.0. The highest BCUT2D eigenvalue weighted by molar-refractivity contribution is 7.16. The van der Waals surface area contributed by atoms with Crippen molar-refractivity contribution in [1.29, 1.82) is 0 Å². The van der Waals surface area contributed by atoms with Crippen molar-refractivity contribution in [2.45, 2.75) is 51.7 Å². The molecule has 1 rings (SSSR count). The van der Waals surface area contributed by atoms with Gasteiger partial charge in [-0.2, -0.15) is 0 Å². The lowest BCUT2D eigenvalue weighted by atomic mass is 9.85. The van der Waals surface area contributed by atoms with E-state index in [1.54, 1.807) is 11.3 Å². The number of thiophene rings is 1. The zero-order valence-corrected chi connectivity index (χ0v) is 13.3. The molecular weight excluding hydrogens is 266 g/mol. The first-order valence-electron chi connectivity index (χ1n) is 6.64. The topological polar surface area (TPSA) is 21.3 Å². The monoisotopic (exact) mass is 289 g/mol. The minimum absolute atomic E-state index is 0.0908. The maximum Gasteiger partial charge on any atom is 0.0931 e. The number of halogens is 1. The lowest BCUT2D eigenvalue weighted by Gasteiger charge is -2.39. The number of nitrogens with one attached hydrogen (secondary N) is 1. The fourth-order valence-electron chi connectivity index (χ4n) is 2.53. The molecule has 1 heterocycles. The quantitative estimate of drug-likeness (QED) is 0.777. The number of rotatable bonds is 8. The van der Waals surface area contributed by atoms with Gasteiger partial charge in [-0.25, -0.2) is 0 Å². The van der Waals surface area contributed by atoms with Crippen molar-refractivity contribution in [2.75, 3.05) is 13.7 Å². The minimum atomic E-state index is -0.0908. The van der Waals surface area contributed by atoms with Crippen LogP contribution in [0.25, 0.3) is 0 Å². The fourth-order valence-corrected chi connectivity index (χ4v) is 3.66. The summed E-state index contributed by atoms with van der Waals surface area (Å²) in [6.45, 7) is 7.48. The largest absolute Gasteiger partial charge is 0.377 e. The Morgan fingerprint density at radius 2 is 2.00 bits per heavy atom. The van der Waals surface area contributed by atoms with Crippen LogP contribution in [0, 0.1) is 0 Å². The van der Waals surface area contributed by atoms with E-state index in [-0.39, 0.29) is 5.60 Å². The van der Waals surface area contributed by atoms with Crippen molar-refractivity contribution >= 4 is 22.9 Å². The standard InChI is InChI=1S/C14H24ClNOS/c1-5-14(6-2,17-4)12(16-7-3)10-11-8-9-13(15)18-11/h8-9,12,16H,5-7,10H2,1-4H3. The SMILES string of the molecule is CCNC(Cc1ccc(Cl)s1)C(CC)(CC)OC. The molecule has 0 aliphatic rings. The van der Waals surface area contributed by atoms with Crippen LogP contribution in [0.3, 0.4) is 0 Å². The third-order valence-electron chi connectivity index (χ3n) is 3.72. The molecule has 2 nitrogen and oxygen atoms in total. The van der Waals surface area contributed by atoms with Crippen LogP contribution >= 0.6 is 22.9 Å².